The standard InChI is InChI=1S/C26H37N5O4S/c1-5-7-23-27-18(4)24-26(33)28-25(29-31(23)24)21-15-20(8-9-22(21)35-6-2)36(34)30-12-10-19(11-13-30)14-17(3)16-32/h8-9,15,17,19,32H,5-7,10-14,16H2,1-4H3,(H,28,29,33). The summed E-state index contributed by atoms with van der Waals surface area (Å²) in [4.78, 5) is 21.1. The Morgan fingerprint density at radius 2 is 2.03 bits per heavy atom. The molecule has 1 aliphatic rings. The van der Waals surface area contributed by atoms with Gasteiger partial charge in [-0.1, -0.05) is 13.8 Å². The zero-order valence-corrected chi connectivity index (χ0v) is 22.4. The van der Waals surface area contributed by atoms with Crippen LogP contribution >= 0.6 is 0 Å². The van der Waals surface area contributed by atoms with Gasteiger partial charge >= 0.3 is 0 Å². The van der Waals surface area contributed by atoms with Crippen LogP contribution in [0.3, 0.4) is 0 Å². The molecule has 0 amide bonds. The SMILES string of the molecule is CCCc1nc(C)c2c(=O)[nH]c(-c3cc(S(=O)N4CCC(CC(C)CO)CC4)ccc3OCC)nn12. The number of rotatable bonds is 10. The minimum Gasteiger partial charge on any atom is -0.493 e. The van der Waals surface area contributed by atoms with Crippen LogP contribution in [0.4, 0.5) is 0 Å². The van der Waals surface area contributed by atoms with Crippen LogP contribution in [0.1, 0.15) is 58.0 Å². The molecule has 0 bridgehead atoms. The number of aliphatic hydroxyl groups is 1. The summed E-state index contributed by atoms with van der Waals surface area (Å²) in [6.45, 7) is 9.99. The maximum atomic E-state index is 13.5. The highest BCUT2D eigenvalue weighted by atomic mass is 32.2. The minimum atomic E-state index is -1.34. The van der Waals surface area contributed by atoms with E-state index in [0.29, 0.717) is 58.1 Å². The van der Waals surface area contributed by atoms with Gasteiger partial charge in [0.25, 0.3) is 5.56 Å². The van der Waals surface area contributed by atoms with Crippen LogP contribution in [0.15, 0.2) is 27.9 Å². The van der Waals surface area contributed by atoms with E-state index < -0.39 is 11.0 Å². The first-order chi connectivity index (χ1) is 17.4. The number of aromatic nitrogens is 4. The molecule has 4 rings (SSSR count). The van der Waals surface area contributed by atoms with Gasteiger partial charge in [0, 0.05) is 26.1 Å². The summed E-state index contributed by atoms with van der Waals surface area (Å²) in [5, 5.41) is 14.1. The number of aliphatic hydroxyl groups excluding tert-OH is 1. The van der Waals surface area contributed by atoms with Crippen LogP contribution in [0.5, 0.6) is 5.75 Å². The summed E-state index contributed by atoms with van der Waals surface area (Å²) < 4.78 is 23.0. The van der Waals surface area contributed by atoms with Crippen molar-refractivity contribution < 1.29 is 14.1 Å². The second kappa shape index (κ2) is 11.7. The molecule has 1 aliphatic heterocycles. The molecular weight excluding hydrogens is 478 g/mol. The van der Waals surface area contributed by atoms with E-state index in [4.69, 9.17) is 9.84 Å². The molecule has 2 N–H and O–H groups in total. The lowest BCUT2D eigenvalue weighted by molar-refractivity contribution is 0.186. The Hall–Kier alpha value is -2.56. The van der Waals surface area contributed by atoms with Crippen molar-refractivity contribution in [1.29, 1.82) is 0 Å². The summed E-state index contributed by atoms with van der Waals surface area (Å²) in [6, 6.07) is 5.44. The largest absolute Gasteiger partial charge is 0.493 e. The van der Waals surface area contributed by atoms with E-state index >= 15 is 0 Å². The second-order valence-electron chi connectivity index (χ2n) is 9.66. The zero-order chi connectivity index (χ0) is 25.8. The Morgan fingerprint density at radius 1 is 1.28 bits per heavy atom. The zero-order valence-electron chi connectivity index (χ0n) is 21.6. The number of aryl methyl sites for hydroxylation is 2. The molecule has 10 heteroatoms. The average Bonchev–Trinajstić information content (AvgIpc) is 3.20. The summed E-state index contributed by atoms with van der Waals surface area (Å²) in [6.07, 6.45) is 4.52. The first-order valence-electron chi connectivity index (χ1n) is 12.9. The van der Waals surface area contributed by atoms with Crippen molar-refractivity contribution in [3.05, 3.63) is 40.1 Å². The lowest BCUT2D eigenvalue weighted by Gasteiger charge is -2.32. The second-order valence-corrected chi connectivity index (χ2v) is 11.1. The van der Waals surface area contributed by atoms with Crippen LogP contribution in [0, 0.1) is 18.8 Å². The van der Waals surface area contributed by atoms with E-state index in [0.717, 1.165) is 44.6 Å². The van der Waals surface area contributed by atoms with Gasteiger partial charge in [-0.05, 0) is 69.6 Å². The molecule has 196 valence electrons. The molecule has 9 nitrogen and oxygen atoms in total. The normalized spacial score (nSPS) is 16.9. The number of hydrogen-bond acceptors (Lipinski definition) is 6. The number of fused-ring (bicyclic) bond motifs is 1. The highest BCUT2D eigenvalue weighted by Crippen LogP contribution is 2.32. The van der Waals surface area contributed by atoms with Crippen LogP contribution in [-0.4, -0.2) is 59.5 Å². The third-order valence-corrected chi connectivity index (χ3v) is 8.27. The molecule has 2 aromatic heterocycles. The van der Waals surface area contributed by atoms with Gasteiger partial charge in [-0.2, -0.15) is 0 Å². The number of nitrogens with zero attached hydrogens (tertiary/aromatic N) is 4. The third kappa shape index (κ3) is 5.55. The van der Waals surface area contributed by atoms with Crippen molar-refractivity contribution >= 4 is 16.5 Å². The lowest BCUT2D eigenvalue weighted by atomic mass is 9.89. The lowest BCUT2D eigenvalue weighted by Crippen LogP contribution is -2.35. The number of benzene rings is 1. The van der Waals surface area contributed by atoms with Gasteiger partial charge in [-0.3, -0.25) is 4.79 Å². The van der Waals surface area contributed by atoms with Gasteiger partial charge in [0.15, 0.2) is 11.3 Å². The number of ether oxygens (including phenoxy) is 1. The fraction of sp³-hybridized carbons (Fsp3) is 0.577. The smallest absolute Gasteiger partial charge is 0.277 e. The first-order valence-corrected chi connectivity index (χ1v) is 14.0. The third-order valence-electron chi connectivity index (χ3n) is 6.78. The van der Waals surface area contributed by atoms with Gasteiger partial charge in [0.1, 0.15) is 22.6 Å². The van der Waals surface area contributed by atoms with Crippen LogP contribution in [0.2, 0.25) is 0 Å². The molecule has 1 saturated heterocycles. The predicted molar refractivity (Wildman–Crippen MR) is 141 cm³/mol. The van der Waals surface area contributed by atoms with E-state index in [-0.39, 0.29) is 12.2 Å². The maximum absolute atomic E-state index is 13.5. The quantitative estimate of drug-likeness (QED) is 0.427. The fourth-order valence-electron chi connectivity index (χ4n) is 4.93. The van der Waals surface area contributed by atoms with E-state index in [2.05, 4.69) is 23.8 Å². The molecular formula is C26H37N5O4S. The molecule has 1 aromatic carbocycles. The minimum absolute atomic E-state index is 0.210. The monoisotopic (exact) mass is 515 g/mol. The molecule has 3 heterocycles. The molecule has 0 saturated carbocycles. The van der Waals surface area contributed by atoms with E-state index in [1.165, 1.54) is 0 Å². The average molecular weight is 516 g/mol. The van der Waals surface area contributed by atoms with Crippen molar-refractivity contribution in [1.82, 2.24) is 23.9 Å². The van der Waals surface area contributed by atoms with Gasteiger partial charge in [0.2, 0.25) is 0 Å². The van der Waals surface area contributed by atoms with Crippen molar-refractivity contribution in [3.8, 4) is 17.1 Å². The van der Waals surface area contributed by atoms with Crippen molar-refractivity contribution in [2.24, 2.45) is 11.8 Å². The highest BCUT2D eigenvalue weighted by molar-refractivity contribution is 7.82. The Balaban J connectivity index is 1.66. The number of nitrogens with one attached hydrogen (secondary N) is 1. The van der Waals surface area contributed by atoms with Crippen LogP contribution in [-0.2, 0) is 17.4 Å². The van der Waals surface area contributed by atoms with Gasteiger partial charge in [-0.25, -0.2) is 18.0 Å². The Bertz CT molecular complexity index is 1280. The van der Waals surface area contributed by atoms with Crippen molar-refractivity contribution in [2.45, 2.75) is 64.7 Å². The number of aromatic amines is 1. The maximum Gasteiger partial charge on any atom is 0.277 e. The van der Waals surface area contributed by atoms with Crippen molar-refractivity contribution in [3.63, 3.8) is 0 Å². The predicted octanol–water partition coefficient (Wildman–Crippen LogP) is 3.50. The van der Waals surface area contributed by atoms with E-state index in [9.17, 15) is 14.1 Å². The molecule has 0 spiro atoms. The van der Waals surface area contributed by atoms with Crippen LogP contribution < -0.4 is 10.3 Å². The Labute approximate surface area is 214 Å². The number of hydrogen-bond donors (Lipinski definition) is 2. The van der Waals surface area contributed by atoms with Gasteiger partial charge in [-0.15, -0.1) is 5.10 Å². The van der Waals surface area contributed by atoms with Crippen molar-refractivity contribution in [2.75, 3.05) is 26.3 Å². The molecule has 2 unspecified atom stereocenters. The summed E-state index contributed by atoms with van der Waals surface area (Å²) in [5.74, 6) is 2.53. The summed E-state index contributed by atoms with van der Waals surface area (Å²) in [5.41, 5.74) is 1.43. The van der Waals surface area contributed by atoms with Gasteiger partial charge in [0.05, 0.1) is 22.8 Å². The summed E-state index contributed by atoms with van der Waals surface area (Å²) >= 11 is 0. The van der Waals surface area contributed by atoms with E-state index in [1.807, 2.05) is 30.3 Å². The number of H-pyrrole nitrogens is 1. The molecule has 3 aromatic rings. The topological polar surface area (TPSA) is 113 Å². The van der Waals surface area contributed by atoms with Crippen LogP contribution in [0.25, 0.3) is 16.9 Å². The molecule has 0 radical (unpaired) electrons. The number of imidazole rings is 1. The molecule has 2 atom stereocenters. The molecule has 36 heavy (non-hydrogen) atoms. The number of piperidine rings is 1. The Kier molecular flexibility index (Phi) is 8.58. The highest BCUT2D eigenvalue weighted by Gasteiger charge is 2.26. The molecule has 1 fully saturated rings. The molecule has 0 aliphatic carbocycles. The Morgan fingerprint density at radius 3 is 2.69 bits per heavy atom. The fourth-order valence-corrected chi connectivity index (χ4v) is 6.17. The van der Waals surface area contributed by atoms with Gasteiger partial charge < -0.3 is 14.8 Å². The first kappa shape index (κ1) is 26.5. The summed E-state index contributed by atoms with van der Waals surface area (Å²) in [7, 11) is -1.34. The van der Waals surface area contributed by atoms with E-state index in [1.54, 1.807) is 10.6 Å².